The van der Waals surface area contributed by atoms with Crippen molar-refractivity contribution in [2.45, 2.75) is 12.1 Å². The zero-order chi connectivity index (χ0) is 18.6. The fourth-order valence-electron chi connectivity index (χ4n) is 3.59. The van der Waals surface area contributed by atoms with Crippen molar-refractivity contribution in [3.63, 3.8) is 0 Å². The third kappa shape index (κ3) is 3.22. The molecular weight excluding hydrogens is 336 g/mol. The van der Waals surface area contributed by atoms with Crippen LogP contribution in [-0.4, -0.2) is 18.1 Å². The van der Waals surface area contributed by atoms with E-state index >= 15 is 0 Å². The highest BCUT2D eigenvalue weighted by atomic mass is 16.5. The molecule has 3 aromatic rings. The maximum absolute atomic E-state index is 12.9. The number of carbonyl (C=O) groups is 1. The van der Waals surface area contributed by atoms with E-state index in [4.69, 9.17) is 4.74 Å². The minimum Gasteiger partial charge on any atom is -0.467 e. The highest BCUT2D eigenvalue weighted by Crippen LogP contribution is 2.42. The number of nitrogens with zero attached hydrogens (tertiary/aromatic N) is 2. The van der Waals surface area contributed by atoms with Gasteiger partial charge in [0.05, 0.1) is 13.2 Å². The summed E-state index contributed by atoms with van der Waals surface area (Å²) >= 11 is 0. The summed E-state index contributed by atoms with van der Waals surface area (Å²) in [5, 5.41) is 0. The number of benzene rings is 2. The lowest BCUT2D eigenvalue weighted by Gasteiger charge is -2.40. The Morgan fingerprint density at radius 1 is 1.00 bits per heavy atom. The van der Waals surface area contributed by atoms with Gasteiger partial charge in [0.1, 0.15) is 0 Å². The van der Waals surface area contributed by atoms with Crippen LogP contribution in [0.1, 0.15) is 28.8 Å². The van der Waals surface area contributed by atoms with Crippen LogP contribution in [0, 0.1) is 0 Å². The second-order valence-electron chi connectivity index (χ2n) is 6.39. The van der Waals surface area contributed by atoms with Crippen LogP contribution in [0.2, 0.25) is 0 Å². The maximum Gasteiger partial charge on any atom is 0.333 e. The molecule has 2 atom stereocenters. The lowest BCUT2D eigenvalue weighted by atomic mass is 9.93. The Kier molecular flexibility index (Phi) is 4.71. The zero-order valence-corrected chi connectivity index (χ0v) is 15.0. The first-order valence-electron chi connectivity index (χ1n) is 8.88. The lowest BCUT2D eigenvalue weighted by Crippen LogP contribution is -2.39. The first kappa shape index (κ1) is 17.0. The van der Waals surface area contributed by atoms with Gasteiger partial charge in [-0.1, -0.05) is 60.7 Å². The van der Waals surface area contributed by atoms with E-state index in [1.54, 1.807) is 12.4 Å². The first-order chi connectivity index (χ1) is 13.3. The standard InChI is InChI=1S/C23H20N2O2/c1-27-23(26)22(19-8-3-2-4-9-19)25-20-10-6-5-7-17(20)11-12-21(25)18-13-15-24-16-14-18/h2-16,21-22H,1H3/t21-,22+/m1/s1. The van der Waals surface area contributed by atoms with E-state index in [1.807, 2.05) is 60.7 Å². The number of aromatic nitrogens is 1. The number of hydrogen-bond donors (Lipinski definition) is 0. The monoisotopic (exact) mass is 356 g/mol. The number of hydrogen-bond acceptors (Lipinski definition) is 4. The summed E-state index contributed by atoms with van der Waals surface area (Å²) in [6, 6.07) is 21.2. The van der Waals surface area contributed by atoms with Gasteiger partial charge < -0.3 is 9.64 Å². The second kappa shape index (κ2) is 7.46. The van der Waals surface area contributed by atoms with E-state index < -0.39 is 6.04 Å². The third-order valence-corrected chi connectivity index (χ3v) is 4.84. The molecule has 0 radical (unpaired) electrons. The van der Waals surface area contributed by atoms with Crippen molar-refractivity contribution in [1.82, 2.24) is 4.98 Å². The van der Waals surface area contributed by atoms with Gasteiger partial charge in [0, 0.05) is 18.1 Å². The Morgan fingerprint density at radius 2 is 1.70 bits per heavy atom. The molecule has 4 heteroatoms. The fourth-order valence-corrected chi connectivity index (χ4v) is 3.59. The average Bonchev–Trinajstić information content (AvgIpc) is 2.75. The predicted octanol–water partition coefficient (Wildman–Crippen LogP) is 4.57. The molecule has 0 unspecified atom stereocenters. The van der Waals surface area contributed by atoms with E-state index in [1.165, 1.54) is 7.11 Å². The van der Waals surface area contributed by atoms with E-state index in [0.717, 1.165) is 22.4 Å². The largest absolute Gasteiger partial charge is 0.467 e. The molecular formula is C23H20N2O2. The number of pyridine rings is 1. The van der Waals surface area contributed by atoms with Crippen LogP contribution < -0.4 is 4.90 Å². The summed E-state index contributed by atoms with van der Waals surface area (Å²) in [6.45, 7) is 0. The Bertz CT molecular complexity index is 954. The van der Waals surface area contributed by atoms with E-state index in [9.17, 15) is 4.79 Å². The molecule has 1 aromatic heterocycles. The number of anilines is 1. The summed E-state index contributed by atoms with van der Waals surface area (Å²) in [6.07, 6.45) is 7.78. The number of esters is 1. The van der Waals surface area contributed by atoms with Crippen LogP contribution in [0.4, 0.5) is 5.69 Å². The van der Waals surface area contributed by atoms with Crippen molar-refractivity contribution in [3.05, 3.63) is 102 Å². The van der Waals surface area contributed by atoms with Gasteiger partial charge in [0.25, 0.3) is 0 Å². The minimum atomic E-state index is -0.555. The fraction of sp³-hybridized carbons (Fsp3) is 0.130. The number of methoxy groups -OCH3 is 1. The summed E-state index contributed by atoms with van der Waals surface area (Å²) in [5.74, 6) is -0.287. The zero-order valence-electron chi connectivity index (χ0n) is 15.0. The number of rotatable bonds is 4. The Morgan fingerprint density at radius 3 is 2.44 bits per heavy atom. The van der Waals surface area contributed by atoms with Crippen LogP contribution in [-0.2, 0) is 9.53 Å². The van der Waals surface area contributed by atoms with E-state index in [2.05, 4.69) is 28.1 Å². The molecule has 4 nitrogen and oxygen atoms in total. The van der Waals surface area contributed by atoms with Crippen molar-refractivity contribution >= 4 is 17.7 Å². The highest BCUT2D eigenvalue weighted by Gasteiger charge is 2.36. The number of para-hydroxylation sites is 1. The summed E-state index contributed by atoms with van der Waals surface area (Å²) in [4.78, 5) is 19.2. The smallest absolute Gasteiger partial charge is 0.333 e. The van der Waals surface area contributed by atoms with Gasteiger partial charge in [0.2, 0.25) is 0 Å². The lowest BCUT2D eigenvalue weighted by molar-refractivity contribution is -0.142. The molecule has 27 heavy (non-hydrogen) atoms. The molecule has 1 aliphatic heterocycles. The van der Waals surface area contributed by atoms with E-state index in [-0.39, 0.29) is 12.0 Å². The van der Waals surface area contributed by atoms with Crippen molar-refractivity contribution in [2.24, 2.45) is 0 Å². The molecule has 1 aliphatic rings. The Balaban J connectivity index is 1.90. The van der Waals surface area contributed by atoms with Crippen molar-refractivity contribution in [3.8, 4) is 0 Å². The van der Waals surface area contributed by atoms with Crippen LogP contribution in [0.5, 0.6) is 0 Å². The summed E-state index contributed by atoms with van der Waals surface area (Å²) < 4.78 is 5.20. The van der Waals surface area contributed by atoms with E-state index in [0.29, 0.717) is 0 Å². The average molecular weight is 356 g/mol. The molecule has 0 aliphatic carbocycles. The van der Waals surface area contributed by atoms with Gasteiger partial charge >= 0.3 is 5.97 Å². The summed E-state index contributed by atoms with van der Waals surface area (Å²) in [5.41, 5.74) is 4.04. The SMILES string of the molecule is COC(=O)[C@H](c1ccccc1)N1c2ccccc2C=C[C@@H]1c1ccncc1. The molecule has 2 aromatic carbocycles. The second-order valence-corrected chi connectivity index (χ2v) is 6.39. The molecule has 0 fully saturated rings. The molecule has 2 heterocycles. The maximum atomic E-state index is 12.9. The van der Waals surface area contributed by atoms with Crippen molar-refractivity contribution < 1.29 is 9.53 Å². The van der Waals surface area contributed by atoms with Crippen molar-refractivity contribution in [2.75, 3.05) is 12.0 Å². The van der Waals surface area contributed by atoms with Crippen LogP contribution in [0.15, 0.2) is 85.2 Å². The first-order valence-corrected chi connectivity index (χ1v) is 8.88. The molecule has 0 saturated heterocycles. The van der Waals surface area contributed by atoms with Crippen LogP contribution in [0.3, 0.4) is 0 Å². The van der Waals surface area contributed by atoms with Crippen LogP contribution in [0.25, 0.3) is 6.08 Å². The molecule has 0 bridgehead atoms. The minimum absolute atomic E-state index is 0.104. The van der Waals surface area contributed by atoms with Crippen LogP contribution >= 0.6 is 0 Å². The van der Waals surface area contributed by atoms with Gasteiger partial charge in [-0.25, -0.2) is 4.79 Å². The molecule has 0 amide bonds. The Hall–Kier alpha value is -3.40. The molecule has 0 saturated carbocycles. The molecule has 0 N–H and O–H groups in total. The number of ether oxygens (including phenoxy) is 1. The topological polar surface area (TPSA) is 42.4 Å². The predicted molar refractivity (Wildman–Crippen MR) is 106 cm³/mol. The third-order valence-electron chi connectivity index (χ3n) is 4.84. The normalized spacial score (nSPS) is 16.5. The van der Waals surface area contributed by atoms with Gasteiger partial charge in [-0.2, -0.15) is 0 Å². The molecule has 0 spiro atoms. The van der Waals surface area contributed by atoms with Gasteiger partial charge in [-0.15, -0.1) is 0 Å². The molecule has 4 rings (SSSR count). The van der Waals surface area contributed by atoms with Gasteiger partial charge in [-0.05, 0) is 34.9 Å². The van der Waals surface area contributed by atoms with Gasteiger partial charge in [0.15, 0.2) is 6.04 Å². The summed E-state index contributed by atoms with van der Waals surface area (Å²) in [7, 11) is 1.44. The quantitative estimate of drug-likeness (QED) is 0.642. The number of fused-ring (bicyclic) bond motifs is 1. The Labute approximate surface area is 158 Å². The number of carbonyl (C=O) groups excluding carboxylic acids is 1. The van der Waals surface area contributed by atoms with Gasteiger partial charge in [-0.3, -0.25) is 4.98 Å². The molecule has 134 valence electrons. The highest BCUT2D eigenvalue weighted by molar-refractivity contribution is 5.85. The van der Waals surface area contributed by atoms with Crippen molar-refractivity contribution in [1.29, 1.82) is 0 Å².